The van der Waals surface area contributed by atoms with Gasteiger partial charge >= 0.3 is 0 Å². The minimum absolute atomic E-state index is 0. The molecule has 1 unspecified atom stereocenters. The monoisotopic (exact) mass is 466 g/mol. The highest BCUT2D eigenvalue weighted by Gasteiger charge is 2.25. The van der Waals surface area contributed by atoms with E-state index in [9.17, 15) is 0 Å². The number of nitrogens with one attached hydrogen (secondary N) is 1. The third-order valence-electron chi connectivity index (χ3n) is 4.35. The van der Waals surface area contributed by atoms with Crippen LogP contribution in [-0.4, -0.2) is 42.1 Å². The van der Waals surface area contributed by atoms with Gasteiger partial charge in [-0.2, -0.15) is 0 Å². The highest BCUT2D eigenvalue weighted by molar-refractivity contribution is 14.0. The molecule has 1 atom stereocenters. The van der Waals surface area contributed by atoms with Crippen molar-refractivity contribution in [2.75, 3.05) is 26.2 Å². The summed E-state index contributed by atoms with van der Waals surface area (Å²) in [6, 6.07) is 14.4. The average Bonchev–Trinajstić information content (AvgIpc) is 2.66. The van der Waals surface area contributed by atoms with Crippen molar-refractivity contribution < 1.29 is 4.74 Å². The highest BCUT2D eigenvalue weighted by Crippen LogP contribution is 2.25. The van der Waals surface area contributed by atoms with Crippen molar-refractivity contribution in [3.05, 3.63) is 65.5 Å². The summed E-state index contributed by atoms with van der Waals surface area (Å²) in [6.07, 6.45) is 1.88. The van der Waals surface area contributed by atoms with E-state index in [1.807, 2.05) is 18.2 Å². The zero-order valence-electron chi connectivity index (χ0n) is 15.4. The quantitative estimate of drug-likeness (QED) is 0.426. The molecule has 1 aliphatic heterocycles. The van der Waals surface area contributed by atoms with Gasteiger partial charge in [-0.15, -0.1) is 24.0 Å². The second kappa shape index (κ2) is 10.5. The highest BCUT2D eigenvalue weighted by atomic mass is 127. The number of aromatic nitrogens is 1. The minimum Gasteiger partial charge on any atom is -0.370 e. The number of aliphatic imine (C=N–C) groups is 1. The Bertz CT molecular complexity index is 708. The summed E-state index contributed by atoms with van der Waals surface area (Å²) in [5, 5.41) is 3.40. The maximum absolute atomic E-state index is 6.03. The first-order valence-electron chi connectivity index (χ1n) is 8.88. The standard InChI is InChI=1S/C20H26N4O.HI/c1-3-21-20(23-14-17-9-6-7-11-22-17)24-12-13-25-19(15-24)18-10-5-4-8-16(18)2;/h4-11,19H,3,12-15H2,1-2H3,(H,21,23);1H. The molecule has 6 heteroatoms. The molecule has 0 spiro atoms. The number of ether oxygens (including phenoxy) is 1. The van der Waals surface area contributed by atoms with E-state index < -0.39 is 0 Å². The summed E-state index contributed by atoms with van der Waals surface area (Å²) in [5.41, 5.74) is 3.50. The van der Waals surface area contributed by atoms with Crippen LogP contribution in [0, 0.1) is 6.92 Å². The lowest BCUT2D eigenvalue weighted by Gasteiger charge is -2.35. The minimum atomic E-state index is 0. The molecule has 0 amide bonds. The van der Waals surface area contributed by atoms with Gasteiger partial charge in [0.2, 0.25) is 0 Å². The van der Waals surface area contributed by atoms with Gasteiger partial charge in [-0.05, 0) is 37.1 Å². The smallest absolute Gasteiger partial charge is 0.194 e. The van der Waals surface area contributed by atoms with Crippen LogP contribution in [0.4, 0.5) is 0 Å². The van der Waals surface area contributed by atoms with Crippen molar-refractivity contribution in [2.24, 2.45) is 4.99 Å². The molecule has 2 heterocycles. The van der Waals surface area contributed by atoms with Crippen LogP contribution < -0.4 is 5.32 Å². The predicted octanol–water partition coefficient (Wildman–Crippen LogP) is 3.55. The van der Waals surface area contributed by atoms with Crippen LogP contribution in [0.3, 0.4) is 0 Å². The number of hydrogen-bond acceptors (Lipinski definition) is 3. The molecule has 1 fully saturated rings. The number of benzene rings is 1. The van der Waals surface area contributed by atoms with E-state index in [2.05, 4.69) is 53.3 Å². The summed E-state index contributed by atoms with van der Waals surface area (Å²) in [5.74, 6) is 0.926. The number of guanidine groups is 1. The van der Waals surface area contributed by atoms with Gasteiger partial charge in [0.25, 0.3) is 0 Å². The van der Waals surface area contributed by atoms with Gasteiger partial charge in [0, 0.05) is 19.3 Å². The molecule has 26 heavy (non-hydrogen) atoms. The van der Waals surface area contributed by atoms with E-state index >= 15 is 0 Å². The Labute approximate surface area is 172 Å². The third-order valence-corrected chi connectivity index (χ3v) is 4.35. The van der Waals surface area contributed by atoms with Crippen LogP contribution in [-0.2, 0) is 11.3 Å². The molecule has 2 aromatic rings. The third kappa shape index (κ3) is 5.41. The molecule has 0 aliphatic carbocycles. The average molecular weight is 466 g/mol. The molecule has 0 radical (unpaired) electrons. The van der Waals surface area contributed by atoms with Crippen molar-refractivity contribution in [3.8, 4) is 0 Å². The van der Waals surface area contributed by atoms with E-state index in [0.29, 0.717) is 13.2 Å². The van der Waals surface area contributed by atoms with Crippen LogP contribution in [0.5, 0.6) is 0 Å². The Morgan fingerprint density at radius 2 is 2.08 bits per heavy atom. The molecule has 5 nitrogen and oxygen atoms in total. The zero-order chi connectivity index (χ0) is 17.5. The van der Waals surface area contributed by atoms with Crippen LogP contribution in [0.2, 0.25) is 0 Å². The number of halogens is 1. The first-order valence-corrected chi connectivity index (χ1v) is 8.88. The van der Waals surface area contributed by atoms with Crippen molar-refractivity contribution in [3.63, 3.8) is 0 Å². The van der Waals surface area contributed by atoms with Crippen molar-refractivity contribution in [1.29, 1.82) is 0 Å². The number of rotatable bonds is 4. The van der Waals surface area contributed by atoms with Gasteiger partial charge in [-0.25, -0.2) is 4.99 Å². The topological polar surface area (TPSA) is 49.8 Å². The fourth-order valence-electron chi connectivity index (χ4n) is 3.05. The van der Waals surface area contributed by atoms with Crippen LogP contribution >= 0.6 is 24.0 Å². The second-order valence-electron chi connectivity index (χ2n) is 6.15. The first-order chi connectivity index (χ1) is 12.3. The van der Waals surface area contributed by atoms with E-state index in [-0.39, 0.29) is 30.1 Å². The lowest BCUT2D eigenvalue weighted by molar-refractivity contribution is -0.00834. The van der Waals surface area contributed by atoms with Crippen molar-refractivity contribution in [1.82, 2.24) is 15.2 Å². The molecule has 0 bridgehead atoms. The van der Waals surface area contributed by atoms with Crippen molar-refractivity contribution in [2.45, 2.75) is 26.5 Å². The fourth-order valence-corrected chi connectivity index (χ4v) is 3.05. The van der Waals surface area contributed by atoms with E-state index in [1.165, 1.54) is 11.1 Å². The van der Waals surface area contributed by atoms with Gasteiger partial charge in [-0.1, -0.05) is 30.3 Å². The zero-order valence-corrected chi connectivity index (χ0v) is 17.7. The molecule has 140 valence electrons. The van der Waals surface area contributed by atoms with Gasteiger partial charge in [0.05, 0.1) is 25.4 Å². The van der Waals surface area contributed by atoms with Gasteiger partial charge in [0.1, 0.15) is 6.10 Å². The van der Waals surface area contributed by atoms with E-state index in [1.54, 1.807) is 6.20 Å². The Morgan fingerprint density at radius 3 is 2.81 bits per heavy atom. The summed E-state index contributed by atoms with van der Waals surface area (Å²) in [6.45, 7) is 8.00. The molecular weight excluding hydrogens is 439 g/mol. The molecule has 1 N–H and O–H groups in total. The largest absolute Gasteiger partial charge is 0.370 e. The molecule has 1 saturated heterocycles. The molecule has 1 aliphatic rings. The number of pyridine rings is 1. The number of aryl methyl sites for hydroxylation is 1. The van der Waals surface area contributed by atoms with Crippen LogP contribution in [0.15, 0.2) is 53.7 Å². The Morgan fingerprint density at radius 1 is 1.27 bits per heavy atom. The molecule has 1 aromatic heterocycles. The number of morpholine rings is 1. The Balaban J connectivity index is 0.00000243. The summed E-state index contributed by atoms with van der Waals surface area (Å²) in [7, 11) is 0. The lowest BCUT2D eigenvalue weighted by atomic mass is 10.0. The maximum atomic E-state index is 6.03. The second-order valence-corrected chi connectivity index (χ2v) is 6.15. The fraction of sp³-hybridized carbons (Fsp3) is 0.400. The molecule has 3 rings (SSSR count). The predicted molar refractivity (Wildman–Crippen MR) is 116 cm³/mol. The Hall–Kier alpha value is -1.67. The van der Waals surface area contributed by atoms with E-state index in [0.717, 1.165) is 31.3 Å². The summed E-state index contributed by atoms with van der Waals surface area (Å²) < 4.78 is 6.03. The normalized spacial score (nSPS) is 17.5. The number of hydrogen-bond donors (Lipinski definition) is 1. The molecule has 1 aromatic carbocycles. The summed E-state index contributed by atoms with van der Waals surface area (Å²) >= 11 is 0. The summed E-state index contributed by atoms with van der Waals surface area (Å²) in [4.78, 5) is 11.4. The van der Waals surface area contributed by atoms with E-state index in [4.69, 9.17) is 9.73 Å². The first kappa shape index (κ1) is 20.6. The molecule has 0 saturated carbocycles. The van der Waals surface area contributed by atoms with Crippen LogP contribution in [0.1, 0.15) is 29.8 Å². The lowest BCUT2D eigenvalue weighted by Crippen LogP contribution is -2.48. The van der Waals surface area contributed by atoms with Gasteiger partial charge in [-0.3, -0.25) is 4.98 Å². The SMILES string of the molecule is CCNC(=NCc1ccccn1)N1CCOC(c2ccccc2C)C1.I. The molecular formula is C20H27IN4O. The Kier molecular flexibility index (Phi) is 8.31. The maximum Gasteiger partial charge on any atom is 0.194 e. The number of nitrogens with zero attached hydrogens (tertiary/aromatic N) is 3. The van der Waals surface area contributed by atoms with Gasteiger partial charge < -0.3 is 15.0 Å². The van der Waals surface area contributed by atoms with Gasteiger partial charge in [0.15, 0.2) is 5.96 Å². The van der Waals surface area contributed by atoms with Crippen LogP contribution in [0.25, 0.3) is 0 Å². The van der Waals surface area contributed by atoms with Crippen molar-refractivity contribution >= 4 is 29.9 Å².